The molecule has 0 fully saturated rings. The van der Waals surface area contributed by atoms with Crippen molar-refractivity contribution in [1.29, 1.82) is 0 Å². The molecule has 0 saturated carbocycles. The molecular weight excluding hydrogens is 222 g/mol. The first-order valence-corrected chi connectivity index (χ1v) is 7.03. The fourth-order valence-electron chi connectivity index (χ4n) is 1.84. The van der Waals surface area contributed by atoms with Crippen LogP contribution in [0.2, 0.25) is 0 Å². The van der Waals surface area contributed by atoms with Crippen molar-refractivity contribution >= 4 is 0 Å². The van der Waals surface area contributed by atoms with E-state index < -0.39 is 0 Å². The van der Waals surface area contributed by atoms with E-state index >= 15 is 0 Å². The molecule has 0 radical (unpaired) electrons. The third-order valence-electron chi connectivity index (χ3n) is 2.91. The minimum Gasteiger partial charge on any atom is -0.381 e. The van der Waals surface area contributed by atoms with Gasteiger partial charge in [-0.05, 0) is 30.4 Å². The molecule has 2 heteroatoms. The highest BCUT2D eigenvalue weighted by molar-refractivity contribution is 5.18. The van der Waals surface area contributed by atoms with Crippen molar-refractivity contribution in [3.63, 3.8) is 0 Å². The van der Waals surface area contributed by atoms with Crippen LogP contribution in [0.3, 0.4) is 0 Å². The van der Waals surface area contributed by atoms with E-state index in [4.69, 9.17) is 4.74 Å². The van der Waals surface area contributed by atoms with Gasteiger partial charge in [-0.2, -0.15) is 0 Å². The number of nitrogens with one attached hydrogen (secondary N) is 1. The van der Waals surface area contributed by atoms with Gasteiger partial charge in [0.05, 0.1) is 0 Å². The molecule has 2 nitrogen and oxygen atoms in total. The quantitative estimate of drug-likeness (QED) is 0.677. The largest absolute Gasteiger partial charge is 0.381 e. The highest BCUT2D eigenvalue weighted by Gasteiger charge is 2.03. The van der Waals surface area contributed by atoms with Crippen LogP contribution in [-0.4, -0.2) is 26.3 Å². The molecule has 0 aliphatic heterocycles. The van der Waals surface area contributed by atoms with E-state index in [9.17, 15) is 0 Å². The summed E-state index contributed by atoms with van der Waals surface area (Å²) in [6.07, 6.45) is 1.09. The summed E-state index contributed by atoms with van der Waals surface area (Å²) in [6, 6.07) is 10.7. The van der Waals surface area contributed by atoms with Crippen molar-refractivity contribution in [3.05, 3.63) is 35.9 Å². The molecule has 0 spiro atoms. The van der Waals surface area contributed by atoms with E-state index in [1.54, 1.807) is 0 Å². The Balaban J connectivity index is 2.01. The maximum Gasteiger partial charge on any atom is 0.0489 e. The molecule has 0 aliphatic rings. The van der Waals surface area contributed by atoms with Gasteiger partial charge in [0.15, 0.2) is 0 Å². The lowest BCUT2D eigenvalue weighted by atomic mass is 10.0. The summed E-state index contributed by atoms with van der Waals surface area (Å²) in [5, 5.41) is 3.49. The van der Waals surface area contributed by atoms with Crippen LogP contribution in [0.25, 0.3) is 0 Å². The Morgan fingerprint density at radius 2 is 1.83 bits per heavy atom. The lowest BCUT2D eigenvalue weighted by molar-refractivity contribution is 0.108. The number of benzene rings is 1. The summed E-state index contributed by atoms with van der Waals surface area (Å²) in [5.41, 5.74) is 1.40. The van der Waals surface area contributed by atoms with Gasteiger partial charge in [-0.3, -0.25) is 0 Å². The van der Waals surface area contributed by atoms with Gasteiger partial charge in [-0.15, -0.1) is 0 Å². The Labute approximate surface area is 112 Å². The molecule has 0 heterocycles. The lowest BCUT2D eigenvalue weighted by Gasteiger charge is -2.13. The van der Waals surface area contributed by atoms with Gasteiger partial charge in [0.25, 0.3) is 0 Å². The Bertz CT molecular complexity index is 297. The molecule has 1 aromatic carbocycles. The van der Waals surface area contributed by atoms with E-state index in [0.29, 0.717) is 11.8 Å². The molecule has 0 bridgehead atoms. The Morgan fingerprint density at radius 3 is 2.50 bits per heavy atom. The summed E-state index contributed by atoms with van der Waals surface area (Å²) in [4.78, 5) is 0. The highest BCUT2D eigenvalue weighted by Crippen LogP contribution is 2.12. The first kappa shape index (κ1) is 15.2. The van der Waals surface area contributed by atoms with E-state index in [1.807, 2.05) is 0 Å². The second-order valence-electron chi connectivity index (χ2n) is 5.34. The van der Waals surface area contributed by atoms with Gasteiger partial charge in [0.1, 0.15) is 0 Å². The molecule has 0 aliphatic carbocycles. The van der Waals surface area contributed by atoms with Crippen LogP contribution in [-0.2, 0) is 4.74 Å². The summed E-state index contributed by atoms with van der Waals surface area (Å²) in [5.74, 6) is 1.21. The SMILES string of the molecule is CC(C)COCCCNCC(C)c1ccccc1. The molecule has 0 aromatic heterocycles. The molecule has 1 atom stereocenters. The zero-order valence-corrected chi connectivity index (χ0v) is 12.0. The average Bonchev–Trinajstić information content (AvgIpc) is 2.38. The van der Waals surface area contributed by atoms with Gasteiger partial charge in [-0.25, -0.2) is 0 Å². The fraction of sp³-hybridized carbons (Fsp3) is 0.625. The first-order valence-electron chi connectivity index (χ1n) is 7.03. The normalized spacial score (nSPS) is 12.9. The second kappa shape index (κ2) is 9.12. The van der Waals surface area contributed by atoms with Crippen molar-refractivity contribution in [2.75, 3.05) is 26.3 Å². The van der Waals surface area contributed by atoms with E-state index in [0.717, 1.165) is 32.7 Å². The third-order valence-corrected chi connectivity index (χ3v) is 2.91. The number of hydrogen-bond acceptors (Lipinski definition) is 2. The zero-order valence-electron chi connectivity index (χ0n) is 12.0. The van der Waals surface area contributed by atoms with Crippen LogP contribution < -0.4 is 5.32 Å². The van der Waals surface area contributed by atoms with E-state index in [1.165, 1.54) is 5.56 Å². The molecule has 1 N–H and O–H groups in total. The van der Waals surface area contributed by atoms with E-state index in [-0.39, 0.29) is 0 Å². The fourth-order valence-corrected chi connectivity index (χ4v) is 1.84. The predicted octanol–water partition coefficient (Wildman–Crippen LogP) is 3.44. The molecule has 1 aromatic rings. The summed E-state index contributed by atoms with van der Waals surface area (Å²) in [6.45, 7) is 10.4. The average molecular weight is 249 g/mol. The summed E-state index contributed by atoms with van der Waals surface area (Å²) < 4.78 is 5.55. The molecule has 102 valence electrons. The standard InChI is InChI=1S/C16H27NO/c1-14(2)13-18-11-7-10-17-12-15(3)16-8-5-4-6-9-16/h4-6,8-9,14-15,17H,7,10-13H2,1-3H3. The monoisotopic (exact) mass is 249 g/mol. The molecular formula is C16H27NO. The van der Waals surface area contributed by atoms with Gasteiger partial charge in [-0.1, -0.05) is 51.1 Å². The number of rotatable bonds is 9. The molecule has 1 rings (SSSR count). The first-order chi connectivity index (χ1) is 8.70. The molecule has 0 amide bonds. The van der Waals surface area contributed by atoms with Crippen molar-refractivity contribution in [2.24, 2.45) is 5.92 Å². The van der Waals surface area contributed by atoms with Gasteiger partial charge < -0.3 is 10.1 Å². The zero-order chi connectivity index (χ0) is 13.2. The molecule has 0 saturated heterocycles. The Morgan fingerprint density at radius 1 is 1.11 bits per heavy atom. The Hall–Kier alpha value is -0.860. The number of hydrogen-bond donors (Lipinski definition) is 1. The predicted molar refractivity (Wildman–Crippen MR) is 78.0 cm³/mol. The summed E-state index contributed by atoms with van der Waals surface area (Å²) >= 11 is 0. The second-order valence-corrected chi connectivity index (χ2v) is 5.34. The van der Waals surface area contributed by atoms with Crippen molar-refractivity contribution in [2.45, 2.75) is 33.1 Å². The smallest absolute Gasteiger partial charge is 0.0489 e. The van der Waals surface area contributed by atoms with Crippen molar-refractivity contribution in [3.8, 4) is 0 Å². The van der Waals surface area contributed by atoms with Gasteiger partial charge in [0.2, 0.25) is 0 Å². The van der Waals surface area contributed by atoms with E-state index in [2.05, 4.69) is 56.4 Å². The van der Waals surface area contributed by atoms with Crippen LogP contribution in [0.15, 0.2) is 30.3 Å². The maximum atomic E-state index is 5.55. The van der Waals surface area contributed by atoms with Crippen molar-refractivity contribution in [1.82, 2.24) is 5.32 Å². The molecule has 18 heavy (non-hydrogen) atoms. The van der Waals surface area contributed by atoms with Crippen LogP contribution in [0.5, 0.6) is 0 Å². The van der Waals surface area contributed by atoms with Crippen LogP contribution >= 0.6 is 0 Å². The summed E-state index contributed by atoms with van der Waals surface area (Å²) in [7, 11) is 0. The molecule has 1 unspecified atom stereocenters. The van der Waals surface area contributed by atoms with Crippen LogP contribution in [0, 0.1) is 5.92 Å². The van der Waals surface area contributed by atoms with Crippen LogP contribution in [0.4, 0.5) is 0 Å². The Kier molecular flexibility index (Phi) is 7.70. The minimum atomic E-state index is 0.572. The number of ether oxygens (including phenoxy) is 1. The van der Waals surface area contributed by atoms with Crippen molar-refractivity contribution < 1.29 is 4.74 Å². The lowest BCUT2D eigenvalue weighted by Crippen LogP contribution is -2.22. The maximum absolute atomic E-state index is 5.55. The highest BCUT2D eigenvalue weighted by atomic mass is 16.5. The minimum absolute atomic E-state index is 0.572. The van der Waals surface area contributed by atoms with Gasteiger partial charge in [0, 0.05) is 19.8 Å². The van der Waals surface area contributed by atoms with Gasteiger partial charge >= 0.3 is 0 Å². The third kappa shape index (κ3) is 6.77. The topological polar surface area (TPSA) is 21.3 Å². The van der Waals surface area contributed by atoms with Crippen LogP contribution in [0.1, 0.15) is 38.7 Å².